The second-order valence-electron chi connectivity index (χ2n) is 5.35. The van der Waals surface area contributed by atoms with Gasteiger partial charge in [0, 0.05) is 15.9 Å². The molecule has 20 heavy (non-hydrogen) atoms. The van der Waals surface area contributed by atoms with E-state index in [9.17, 15) is 0 Å². The molecule has 0 aromatic heterocycles. The van der Waals surface area contributed by atoms with Crippen LogP contribution < -0.4 is 11.1 Å². The molecule has 1 aliphatic rings. The molecule has 2 nitrogen and oxygen atoms in total. The lowest BCUT2D eigenvalue weighted by Gasteiger charge is -2.25. The fourth-order valence-electron chi connectivity index (χ4n) is 2.96. The number of halogens is 2. The molecule has 0 heterocycles. The van der Waals surface area contributed by atoms with Crippen molar-refractivity contribution in [2.75, 3.05) is 11.1 Å². The van der Waals surface area contributed by atoms with Crippen LogP contribution in [0.2, 0.25) is 0 Å². The molecule has 2 aromatic carbocycles. The molecule has 1 aliphatic carbocycles. The van der Waals surface area contributed by atoms with E-state index < -0.39 is 0 Å². The van der Waals surface area contributed by atoms with Gasteiger partial charge in [0.2, 0.25) is 0 Å². The zero-order valence-corrected chi connectivity index (χ0v) is 13.8. The van der Waals surface area contributed by atoms with Gasteiger partial charge < -0.3 is 11.1 Å². The Labute approximate surface area is 134 Å². The molecule has 3 N–H and O–H groups in total. The lowest BCUT2D eigenvalue weighted by atomic mass is 9.95. The van der Waals surface area contributed by atoms with Crippen LogP contribution in [-0.2, 0) is 0 Å². The van der Waals surface area contributed by atoms with Gasteiger partial charge in [-0.05, 0) is 24.3 Å². The summed E-state index contributed by atoms with van der Waals surface area (Å²) in [4.78, 5) is 0. The van der Waals surface area contributed by atoms with Crippen LogP contribution in [-0.4, -0.2) is 6.04 Å². The molecule has 108 valence electrons. The van der Waals surface area contributed by atoms with Gasteiger partial charge in [0.25, 0.3) is 0 Å². The molecule has 0 spiro atoms. The highest BCUT2D eigenvalue weighted by Crippen LogP contribution is 2.36. The Bertz CT molecular complexity index is 594. The van der Waals surface area contributed by atoms with E-state index in [4.69, 9.17) is 5.73 Å². The number of fused-ring (bicyclic) bond motifs is 1. The Kier molecular flexibility index (Phi) is 5.17. The number of nitrogens with one attached hydrogen (secondary N) is 1. The minimum Gasteiger partial charge on any atom is -0.397 e. The van der Waals surface area contributed by atoms with Gasteiger partial charge in [-0.3, -0.25) is 0 Å². The second-order valence-corrected chi connectivity index (χ2v) is 6.20. The Morgan fingerprint density at radius 1 is 1.05 bits per heavy atom. The van der Waals surface area contributed by atoms with Crippen LogP contribution in [0, 0.1) is 0 Å². The van der Waals surface area contributed by atoms with E-state index in [-0.39, 0.29) is 12.4 Å². The highest BCUT2D eigenvalue weighted by atomic mass is 79.9. The van der Waals surface area contributed by atoms with Crippen LogP contribution in [0.1, 0.15) is 32.1 Å². The number of hydrogen-bond donors (Lipinski definition) is 2. The molecule has 1 saturated carbocycles. The Morgan fingerprint density at radius 2 is 1.70 bits per heavy atom. The first-order valence-corrected chi connectivity index (χ1v) is 7.78. The number of nitrogen functional groups attached to an aromatic ring is 1. The topological polar surface area (TPSA) is 38.0 Å². The molecule has 4 heteroatoms. The van der Waals surface area contributed by atoms with Crippen LogP contribution in [0.5, 0.6) is 0 Å². The summed E-state index contributed by atoms with van der Waals surface area (Å²) in [6.45, 7) is 0. The SMILES string of the molecule is Cl.Nc1cc(Br)c2ccccc2c1NC1CCCCC1. The number of rotatable bonds is 2. The summed E-state index contributed by atoms with van der Waals surface area (Å²) >= 11 is 3.60. The Balaban J connectivity index is 0.00000147. The monoisotopic (exact) mass is 354 g/mol. The summed E-state index contributed by atoms with van der Waals surface area (Å²) in [6.07, 6.45) is 6.53. The maximum Gasteiger partial charge on any atom is 0.0656 e. The van der Waals surface area contributed by atoms with Crippen LogP contribution in [0.15, 0.2) is 34.8 Å². The van der Waals surface area contributed by atoms with Crippen LogP contribution in [0.25, 0.3) is 10.8 Å². The van der Waals surface area contributed by atoms with Crippen molar-refractivity contribution >= 4 is 50.5 Å². The largest absolute Gasteiger partial charge is 0.397 e. The average Bonchev–Trinajstić information content (AvgIpc) is 2.45. The summed E-state index contributed by atoms with van der Waals surface area (Å²) in [7, 11) is 0. The van der Waals surface area contributed by atoms with Gasteiger partial charge >= 0.3 is 0 Å². The summed E-state index contributed by atoms with van der Waals surface area (Å²) in [5, 5.41) is 6.10. The van der Waals surface area contributed by atoms with Crippen molar-refractivity contribution in [3.05, 3.63) is 34.8 Å². The molecule has 0 unspecified atom stereocenters. The van der Waals surface area contributed by atoms with E-state index in [0.717, 1.165) is 15.8 Å². The summed E-state index contributed by atoms with van der Waals surface area (Å²) in [5.41, 5.74) is 8.14. The fraction of sp³-hybridized carbons (Fsp3) is 0.375. The summed E-state index contributed by atoms with van der Waals surface area (Å²) < 4.78 is 1.06. The first kappa shape index (κ1) is 15.5. The summed E-state index contributed by atoms with van der Waals surface area (Å²) in [5.74, 6) is 0. The zero-order valence-electron chi connectivity index (χ0n) is 11.4. The van der Waals surface area contributed by atoms with Gasteiger partial charge in [-0.1, -0.05) is 59.5 Å². The predicted molar refractivity (Wildman–Crippen MR) is 93.8 cm³/mol. The second kappa shape index (κ2) is 6.68. The van der Waals surface area contributed by atoms with Crippen LogP contribution >= 0.6 is 28.3 Å². The zero-order chi connectivity index (χ0) is 13.2. The van der Waals surface area contributed by atoms with Gasteiger partial charge in [-0.15, -0.1) is 12.4 Å². The molecule has 2 aromatic rings. The first-order valence-electron chi connectivity index (χ1n) is 6.99. The number of nitrogens with two attached hydrogens (primary N) is 1. The normalized spacial score (nSPS) is 15.8. The highest BCUT2D eigenvalue weighted by Gasteiger charge is 2.16. The van der Waals surface area contributed by atoms with E-state index >= 15 is 0 Å². The van der Waals surface area contributed by atoms with Gasteiger partial charge in [-0.2, -0.15) is 0 Å². The molecule has 0 saturated heterocycles. The molecular weight excluding hydrogens is 336 g/mol. The van der Waals surface area contributed by atoms with Crippen molar-refractivity contribution in [2.45, 2.75) is 38.1 Å². The number of anilines is 2. The molecule has 0 radical (unpaired) electrons. The molecule has 0 bridgehead atoms. The maximum absolute atomic E-state index is 6.21. The molecular formula is C16H20BrClN2. The summed E-state index contributed by atoms with van der Waals surface area (Å²) in [6, 6.07) is 11.0. The number of benzene rings is 2. The molecule has 1 fully saturated rings. The molecule has 0 amide bonds. The minimum atomic E-state index is 0. The number of hydrogen-bond acceptors (Lipinski definition) is 2. The quantitative estimate of drug-likeness (QED) is 0.712. The van der Waals surface area contributed by atoms with Crippen molar-refractivity contribution in [3.63, 3.8) is 0 Å². The van der Waals surface area contributed by atoms with Crippen LogP contribution in [0.4, 0.5) is 11.4 Å². The Morgan fingerprint density at radius 3 is 2.40 bits per heavy atom. The van der Waals surface area contributed by atoms with E-state index in [2.05, 4.69) is 45.5 Å². The molecule has 3 rings (SSSR count). The van der Waals surface area contributed by atoms with Gasteiger partial charge in [-0.25, -0.2) is 0 Å². The lowest BCUT2D eigenvalue weighted by Crippen LogP contribution is -2.23. The van der Waals surface area contributed by atoms with E-state index in [1.165, 1.54) is 42.9 Å². The smallest absolute Gasteiger partial charge is 0.0656 e. The standard InChI is InChI=1S/C16H19BrN2.ClH/c17-14-10-15(18)16(13-9-5-4-8-12(13)14)19-11-6-2-1-3-7-11;/h4-5,8-11,19H,1-3,6-7,18H2;1H. The van der Waals surface area contributed by atoms with Crippen molar-refractivity contribution < 1.29 is 0 Å². The third kappa shape index (κ3) is 3.04. The third-order valence-electron chi connectivity index (χ3n) is 3.98. The Hall–Kier alpha value is -0.930. The average molecular weight is 356 g/mol. The van der Waals surface area contributed by atoms with E-state index in [1.54, 1.807) is 0 Å². The van der Waals surface area contributed by atoms with Crippen molar-refractivity contribution in [3.8, 4) is 0 Å². The van der Waals surface area contributed by atoms with E-state index in [0.29, 0.717) is 6.04 Å². The van der Waals surface area contributed by atoms with Gasteiger partial charge in [0.1, 0.15) is 0 Å². The van der Waals surface area contributed by atoms with Crippen molar-refractivity contribution in [1.29, 1.82) is 0 Å². The molecule has 0 atom stereocenters. The van der Waals surface area contributed by atoms with E-state index in [1.807, 2.05) is 6.07 Å². The maximum atomic E-state index is 6.21. The molecule has 0 aliphatic heterocycles. The minimum absolute atomic E-state index is 0. The highest BCUT2D eigenvalue weighted by molar-refractivity contribution is 9.10. The van der Waals surface area contributed by atoms with Gasteiger partial charge in [0.05, 0.1) is 11.4 Å². The van der Waals surface area contributed by atoms with Gasteiger partial charge in [0.15, 0.2) is 0 Å². The van der Waals surface area contributed by atoms with Crippen molar-refractivity contribution in [1.82, 2.24) is 0 Å². The first-order chi connectivity index (χ1) is 9.25. The van der Waals surface area contributed by atoms with Crippen molar-refractivity contribution in [2.24, 2.45) is 0 Å². The third-order valence-corrected chi connectivity index (χ3v) is 4.63. The van der Waals surface area contributed by atoms with Crippen LogP contribution in [0.3, 0.4) is 0 Å². The lowest BCUT2D eigenvalue weighted by molar-refractivity contribution is 0.463. The predicted octanol–water partition coefficient (Wildman–Crippen LogP) is 5.35. The fourth-order valence-corrected chi connectivity index (χ4v) is 3.56.